The van der Waals surface area contributed by atoms with Crippen molar-refractivity contribution in [2.24, 2.45) is 5.84 Å². The van der Waals surface area contributed by atoms with Gasteiger partial charge < -0.3 is 0 Å². The molecule has 18 heavy (non-hydrogen) atoms. The third-order valence-electron chi connectivity index (χ3n) is 2.92. The molecule has 0 saturated heterocycles. The molecule has 0 atom stereocenters. The predicted molar refractivity (Wildman–Crippen MR) is 74.2 cm³/mol. The third kappa shape index (κ3) is 2.33. The van der Waals surface area contributed by atoms with Crippen LogP contribution in [0.3, 0.4) is 0 Å². The molecule has 0 fully saturated rings. The van der Waals surface area contributed by atoms with E-state index in [0.717, 1.165) is 17.0 Å². The Balaban J connectivity index is 2.65. The minimum absolute atomic E-state index is 0.448. The Morgan fingerprint density at radius 3 is 2.11 bits per heavy atom. The molecular weight excluding hydrogens is 224 g/mol. The van der Waals surface area contributed by atoms with E-state index in [9.17, 15) is 0 Å². The summed E-state index contributed by atoms with van der Waals surface area (Å²) in [5, 5.41) is 0. The maximum atomic E-state index is 5.39. The van der Waals surface area contributed by atoms with Gasteiger partial charge in [-0.15, -0.1) is 0 Å². The molecule has 2 aromatic rings. The largest absolute Gasteiger partial charge is 0.292 e. The van der Waals surface area contributed by atoms with Crippen molar-refractivity contribution >= 4 is 5.95 Å². The smallest absolute Gasteiger partial charge is 0.237 e. The molecule has 0 saturated carbocycles. The fourth-order valence-electron chi connectivity index (χ4n) is 2.35. The van der Waals surface area contributed by atoms with Gasteiger partial charge in [0.1, 0.15) is 0 Å². The zero-order valence-corrected chi connectivity index (χ0v) is 11.2. The number of hydrazine groups is 1. The summed E-state index contributed by atoms with van der Waals surface area (Å²) in [5.41, 5.74) is 9.16. The molecular formula is C14H18N4. The summed E-state index contributed by atoms with van der Waals surface area (Å²) in [7, 11) is 0. The maximum absolute atomic E-state index is 5.39. The number of aryl methyl sites for hydroxylation is 4. The molecule has 1 heterocycles. The lowest BCUT2D eigenvalue weighted by molar-refractivity contribution is 1.07. The quantitative estimate of drug-likeness (QED) is 0.627. The highest BCUT2D eigenvalue weighted by atomic mass is 15.3. The molecule has 2 rings (SSSR count). The Morgan fingerprint density at radius 1 is 0.944 bits per heavy atom. The number of hydrogen-bond donors (Lipinski definition) is 2. The van der Waals surface area contributed by atoms with Crippen LogP contribution in [0, 0.1) is 27.7 Å². The zero-order valence-electron chi connectivity index (χ0n) is 11.2. The number of aromatic nitrogens is 2. The van der Waals surface area contributed by atoms with E-state index >= 15 is 0 Å². The van der Waals surface area contributed by atoms with Crippen LogP contribution in [-0.4, -0.2) is 9.97 Å². The Morgan fingerprint density at radius 2 is 1.56 bits per heavy atom. The number of hydrogen-bond acceptors (Lipinski definition) is 4. The van der Waals surface area contributed by atoms with Gasteiger partial charge in [0.05, 0.1) is 5.69 Å². The second-order valence-electron chi connectivity index (χ2n) is 4.64. The topological polar surface area (TPSA) is 63.8 Å². The molecule has 0 aliphatic heterocycles. The van der Waals surface area contributed by atoms with Crippen molar-refractivity contribution in [3.63, 3.8) is 0 Å². The predicted octanol–water partition coefficient (Wildman–Crippen LogP) is 2.66. The van der Waals surface area contributed by atoms with Gasteiger partial charge in [0.25, 0.3) is 0 Å². The van der Waals surface area contributed by atoms with Crippen LogP contribution in [-0.2, 0) is 0 Å². The van der Waals surface area contributed by atoms with Gasteiger partial charge in [0.15, 0.2) is 0 Å². The number of anilines is 1. The molecule has 4 heteroatoms. The SMILES string of the molecule is Cc1cc(C)c(-c2cc(C)nc(NN)n2)c(C)c1. The summed E-state index contributed by atoms with van der Waals surface area (Å²) >= 11 is 0. The standard InChI is InChI=1S/C14H18N4/c1-8-5-9(2)13(10(3)6-8)12-7-11(4)16-14(17-12)18-15/h5-7H,15H2,1-4H3,(H,16,17,18). The minimum atomic E-state index is 0.448. The third-order valence-corrected chi connectivity index (χ3v) is 2.92. The number of benzene rings is 1. The molecule has 0 amide bonds. The average Bonchev–Trinajstić information content (AvgIpc) is 2.26. The average molecular weight is 242 g/mol. The van der Waals surface area contributed by atoms with E-state index < -0.39 is 0 Å². The van der Waals surface area contributed by atoms with Crippen molar-refractivity contribution in [2.45, 2.75) is 27.7 Å². The van der Waals surface area contributed by atoms with Crippen LogP contribution in [0.5, 0.6) is 0 Å². The van der Waals surface area contributed by atoms with Gasteiger partial charge in [0.2, 0.25) is 5.95 Å². The normalized spacial score (nSPS) is 10.5. The van der Waals surface area contributed by atoms with Crippen molar-refractivity contribution in [3.8, 4) is 11.3 Å². The molecule has 4 nitrogen and oxygen atoms in total. The fraction of sp³-hybridized carbons (Fsp3) is 0.286. The molecule has 0 aliphatic carbocycles. The van der Waals surface area contributed by atoms with Gasteiger partial charge in [-0.25, -0.2) is 15.8 Å². The molecule has 0 unspecified atom stereocenters. The molecule has 1 aromatic carbocycles. The number of nitrogens with two attached hydrogens (primary N) is 1. The minimum Gasteiger partial charge on any atom is -0.292 e. The van der Waals surface area contributed by atoms with E-state index in [1.165, 1.54) is 16.7 Å². The van der Waals surface area contributed by atoms with Crippen LogP contribution in [0.15, 0.2) is 18.2 Å². The van der Waals surface area contributed by atoms with E-state index in [1.54, 1.807) is 0 Å². The lowest BCUT2D eigenvalue weighted by Gasteiger charge is -2.12. The summed E-state index contributed by atoms with van der Waals surface area (Å²) in [5.74, 6) is 5.84. The first-order valence-electron chi connectivity index (χ1n) is 5.92. The highest BCUT2D eigenvalue weighted by Crippen LogP contribution is 2.27. The van der Waals surface area contributed by atoms with Crippen molar-refractivity contribution in [1.29, 1.82) is 0 Å². The number of nitrogens with zero attached hydrogens (tertiary/aromatic N) is 2. The maximum Gasteiger partial charge on any atom is 0.237 e. The highest BCUT2D eigenvalue weighted by Gasteiger charge is 2.10. The molecule has 0 bridgehead atoms. The Hall–Kier alpha value is -1.94. The van der Waals surface area contributed by atoms with Crippen molar-refractivity contribution < 1.29 is 0 Å². The second kappa shape index (κ2) is 4.74. The van der Waals surface area contributed by atoms with Crippen molar-refractivity contribution in [2.75, 3.05) is 5.43 Å². The van der Waals surface area contributed by atoms with E-state index in [4.69, 9.17) is 5.84 Å². The van der Waals surface area contributed by atoms with Crippen LogP contribution in [0.1, 0.15) is 22.4 Å². The summed E-state index contributed by atoms with van der Waals surface area (Å²) in [6.45, 7) is 8.23. The van der Waals surface area contributed by atoms with Gasteiger partial charge >= 0.3 is 0 Å². The van der Waals surface area contributed by atoms with Crippen molar-refractivity contribution in [1.82, 2.24) is 9.97 Å². The summed E-state index contributed by atoms with van der Waals surface area (Å²) in [6.07, 6.45) is 0. The van der Waals surface area contributed by atoms with E-state index in [1.807, 2.05) is 13.0 Å². The number of nitrogens with one attached hydrogen (secondary N) is 1. The van der Waals surface area contributed by atoms with E-state index in [0.29, 0.717) is 5.95 Å². The zero-order chi connectivity index (χ0) is 13.3. The molecule has 0 spiro atoms. The lowest BCUT2D eigenvalue weighted by Crippen LogP contribution is -2.11. The number of nitrogen functional groups attached to an aromatic ring is 1. The molecule has 94 valence electrons. The van der Waals surface area contributed by atoms with Gasteiger partial charge in [0, 0.05) is 11.3 Å². The summed E-state index contributed by atoms with van der Waals surface area (Å²) in [6, 6.07) is 6.30. The Bertz CT molecular complexity index is 567. The highest BCUT2D eigenvalue weighted by molar-refractivity contribution is 5.69. The van der Waals surface area contributed by atoms with E-state index in [-0.39, 0.29) is 0 Å². The van der Waals surface area contributed by atoms with E-state index in [2.05, 4.69) is 48.3 Å². The molecule has 1 aromatic heterocycles. The Kier molecular flexibility index (Phi) is 3.30. The summed E-state index contributed by atoms with van der Waals surface area (Å²) < 4.78 is 0. The van der Waals surface area contributed by atoms with Gasteiger partial charge in [-0.3, -0.25) is 5.43 Å². The lowest BCUT2D eigenvalue weighted by atomic mass is 9.97. The van der Waals surface area contributed by atoms with Crippen LogP contribution >= 0.6 is 0 Å². The molecule has 3 N–H and O–H groups in total. The first-order chi connectivity index (χ1) is 8.51. The fourth-order valence-corrected chi connectivity index (χ4v) is 2.35. The van der Waals surface area contributed by atoms with Gasteiger partial charge in [-0.2, -0.15) is 0 Å². The van der Waals surface area contributed by atoms with Crippen molar-refractivity contribution in [3.05, 3.63) is 40.6 Å². The molecule has 0 radical (unpaired) electrons. The molecule has 0 aliphatic rings. The van der Waals surface area contributed by atoms with Gasteiger partial charge in [-0.1, -0.05) is 17.7 Å². The van der Waals surface area contributed by atoms with Crippen LogP contribution in [0.4, 0.5) is 5.95 Å². The van der Waals surface area contributed by atoms with Gasteiger partial charge in [-0.05, 0) is 44.9 Å². The first kappa shape index (κ1) is 12.5. The first-order valence-corrected chi connectivity index (χ1v) is 5.92. The van der Waals surface area contributed by atoms with Crippen LogP contribution in [0.25, 0.3) is 11.3 Å². The van der Waals surface area contributed by atoms with Crippen LogP contribution in [0.2, 0.25) is 0 Å². The Labute approximate surface area is 107 Å². The monoisotopic (exact) mass is 242 g/mol. The summed E-state index contributed by atoms with van der Waals surface area (Å²) in [4.78, 5) is 8.63. The second-order valence-corrected chi connectivity index (χ2v) is 4.64. The van der Waals surface area contributed by atoms with Crippen LogP contribution < -0.4 is 11.3 Å². The number of rotatable bonds is 2.